The Labute approximate surface area is 293 Å². The van der Waals surface area contributed by atoms with E-state index in [9.17, 15) is 19.8 Å². The molecule has 48 heavy (non-hydrogen) atoms. The van der Waals surface area contributed by atoms with Crippen molar-refractivity contribution >= 4 is 11.8 Å². The summed E-state index contributed by atoms with van der Waals surface area (Å²) in [7, 11) is 0. The Balaban J connectivity index is 1.28. The van der Waals surface area contributed by atoms with Crippen LogP contribution in [-0.2, 0) is 19.1 Å². The molecule has 3 unspecified atom stereocenters. The number of fused-ring (bicyclic) bond motifs is 1. The minimum absolute atomic E-state index is 0.188. The van der Waals surface area contributed by atoms with Gasteiger partial charge >= 0.3 is 5.97 Å². The van der Waals surface area contributed by atoms with E-state index >= 15 is 0 Å². The molecule has 1 heterocycles. The maximum atomic E-state index is 13.2. The summed E-state index contributed by atoms with van der Waals surface area (Å²) in [6, 6.07) is 0. The molecule has 8 atom stereocenters. The number of epoxide rings is 1. The Morgan fingerprint density at radius 2 is 1.44 bits per heavy atom. The fourth-order valence-corrected chi connectivity index (χ4v) is 9.60. The largest absolute Gasteiger partial charge is 0.462 e. The van der Waals surface area contributed by atoms with Crippen molar-refractivity contribution < 1.29 is 29.3 Å². The summed E-state index contributed by atoms with van der Waals surface area (Å²) in [6.07, 6.45) is 18.6. The van der Waals surface area contributed by atoms with Crippen molar-refractivity contribution in [3.8, 4) is 0 Å². The zero-order valence-corrected chi connectivity index (χ0v) is 32.7. The van der Waals surface area contributed by atoms with Crippen molar-refractivity contribution in [2.45, 2.75) is 201 Å². The van der Waals surface area contributed by atoms with Crippen molar-refractivity contribution in [1.29, 1.82) is 0 Å². The molecule has 2 aliphatic carbocycles. The first kappa shape index (κ1) is 40.9. The molecule has 3 aliphatic rings. The standard InChI is InChI=1S/C42H72O6/c1-29(18-14-19-31(3)22-23-37-38(6,7)26-35(47-33(5)43)27-40(37,10)46)16-12-13-17-30(2)20-15-21-32(4)36(45)28-42-39(8,9)24-34(44)25-41(42,11)48-42/h21,23,29-31,34-35,44,46H,12-20,22,24-28H2,1-11H3/b32-21+,37-23?/t29?,30?,31?,34-,35-,40+,41+,42-/m0/s1. The van der Waals surface area contributed by atoms with Crippen LogP contribution in [0.15, 0.2) is 23.3 Å². The SMILES string of the molecule is CC(=O)O[C@H]1CC(C)(C)C(=CCC(C)CCCC(C)CCCCC(C)CC/C=C(\C)C(=O)C[C@@]23O[C@]2(C)C[C@@H](O)CC3(C)C)[C@](C)(O)C1. The van der Waals surface area contributed by atoms with Gasteiger partial charge in [-0.15, -0.1) is 0 Å². The molecule has 1 aliphatic heterocycles. The van der Waals surface area contributed by atoms with E-state index < -0.39 is 11.2 Å². The number of hydrogen-bond acceptors (Lipinski definition) is 6. The van der Waals surface area contributed by atoms with Crippen LogP contribution in [0.5, 0.6) is 0 Å². The number of hydrogen-bond donors (Lipinski definition) is 2. The maximum absolute atomic E-state index is 13.2. The number of ether oxygens (including phenoxy) is 2. The summed E-state index contributed by atoms with van der Waals surface area (Å²) in [5.74, 6) is 1.89. The van der Waals surface area contributed by atoms with Gasteiger partial charge < -0.3 is 19.7 Å². The number of ketones is 1. The van der Waals surface area contributed by atoms with Crippen LogP contribution in [0, 0.1) is 28.6 Å². The van der Waals surface area contributed by atoms with E-state index in [1.54, 1.807) is 0 Å². The van der Waals surface area contributed by atoms with E-state index in [2.05, 4.69) is 67.5 Å². The molecule has 3 rings (SSSR count). The number of Topliss-reactive ketones (excluding diaryl/α,β-unsaturated/α-hetero) is 1. The number of aliphatic hydroxyl groups excluding tert-OH is 1. The molecule has 2 saturated carbocycles. The molecule has 276 valence electrons. The topological polar surface area (TPSA) is 96.4 Å². The normalized spacial score (nSPS) is 33.9. The molecule has 0 spiro atoms. The number of allylic oxidation sites excluding steroid dienone is 3. The van der Waals surface area contributed by atoms with Crippen LogP contribution in [0.1, 0.15) is 172 Å². The van der Waals surface area contributed by atoms with Gasteiger partial charge in [0.05, 0.1) is 17.3 Å². The highest BCUT2D eigenvalue weighted by Crippen LogP contribution is 2.67. The zero-order valence-electron chi connectivity index (χ0n) is 32.7. The molecule has 1 saturated heterocycles. The van der Waals surface area contributed by atoms with Crippen LogP contribution in [0.25, 0.3) is 0 Å². The van der Waals surface area contributed by atoms with Gasteiger partial charge in [-0.25, -0.2) is 0 Å². The van der Waals surface area contributed by atoms with E-state index in [1.165, 1.54) is 51.9 Å². The van der Waals surface area contributed by atoms with Gasteiger partial charge in [-0.05, 0) is 92.6 Å². The average molecular weight is 673 g/mol. The Morgan fingerprint density at radius 1 is 0.854 bits per heavy atom. The van der Waals surface area contributed by atoms with Gasteiger partial charge in [-0.2, -0.15) is 0 Å². The van der Waals surface area contributed by atoms with Gasteiger partial charge in [-0.1, -0.05) is 106 Å². The van der Waals surface area contributed by atoms with Crippen molar-refractivity contribution in [3.63, 3.8) is 0 Å². The molecule has 6 heteroatoms. The van der Waals surface area contributed by atoms with Crippen molar-refractivity contribution in [1.82, 2.24) is 0 Å². The third kappa shape index (κ3) is 10.5. The third-order valence-electron chi connectivity index (χ3n) is 12.4. The smallest absolute Gasteiger partial charge is 0.302 e. The summed E-state index contributed by atoms with van der Waals surface area (Å²) >= 11 is 0. The molecule has 0 amide bonds. The van der Waals surface area contributed by atoms with E-state index in [0.717, 1.165) is 42.7 Å². The molecule has 0 aromatic rings. The van der Waals surface area contributed by atoms with E-state index in [0.29, 0.717) is 37.5 Å². The Hall–Kier alpha value is -1.50. The molecule has 2 N–H and O–H groups in total. The third-order valence-corrected chi connectivity index (χ3v) is 12.4. The monoisotopic (exact) mass is 673 g/mol. The second kappa shape index (κ2) is 16.2. The molecule has 3 fully saturated rings. The number of rotatable bonds is 18. The number of unbranched alkanes of at least 4 members (excludes halogenated alkanes) is 1. The predicted molar refractivity (Wildman–Crippen MR) is 196 cm³/mol. The second-order valence-electron chi connectivity index (χ2n) is 18.4. The summed E-state index contributed by atoms with van der Waals surface area (Å²) in [6.45, 7) is 23.0. The minimum Gasteiger partial charge on any atom is -0.462 e. The van der Waals surface area contributed by atoms with Gasteiger partial charge in [0.25, 0.3) is 0 Å². The van der Waals surface area contributed by atoms with E-state index in [1.807, 2.05) is 13.8 Å². The highest BCUT2D eigenvalue weighted by atomic mass is 16.6. The lowest BCUT2D eigenvalue weighted by molar-refractivity contribution is -0.152. The van der Waals surface area contributed by atoms with Gasteiger partial charge in [0, 0.05) is 26.2 Å². The number of carbonyl (C=O) groups excluding carboxylic acids is 2. The number of aliphatic hydroxyl groups is 2. The zero-order chi connectivity index (χ0) is 36.1. The van der Waals surface area contributed by atoms with Crippen molar-refractivity contribution in [2.24, 2.45) is 28.6 Å². The Morgan fingerprint density at radius 3 is 2.02 bits per heavy atom. The lowest BCUT2D eigenvalue weighted by Crippen LogP contribution is -2.48. The molecule has 0 aromatic heterocycles. The summed E-state index contributed by atoms with van der Waals surface area (Å²) in [5.41, 5.74) is -0.242. The van der Waals surface area contributed by atoms with Gasteiger partial charge in [0.15, 0.2) is 5.78 Å². The molecule has 0 aromatic carbocycles. The van der Waals surface area contributed by atoms with Crippen LogP contribution < -0.4 is 0 Å². The van der Waals surface area contributed by atoms with E-state index in [4.69, 9.17) is 9.47 Å². The second-order valence-corrected chi connectivity index (χ2v) is 18.4. The molecule has 0 bridgehead atoms. The van der Waals surface area contributed by atoms with Crippen molar-refractivity contribution in [2.75, 3.05) is 0 Å². The summed E-state index contributed by atoms with van der Waals surface area (Å²) < 4.78 is 11.7. The average Bonchev–Trinajstić information content (AvgIpc) is 3.53. The molecule has 6 nitrogen and oxygen atoms in total. The van der Waals surface area contributed by atoms with Crippen LogP contribution in [0.4, 0.5) is 0 Å². The lowest BCUT2D eigenvalue weighted by Gasteiger charge is -2.46. The van der Waals surface area contributed by atoms with Gasteiger partial charge in [0.2, 0.25) is 0 Å². The minimum atomic E-state index is -0.949. The van der Waals surface area contributed by atoms with Gasteiger partial charge in [0.1, 0.15) is 11.7 Å². The Bertz CT molecular complexity index is 1140. The molecular formula is C42H72O6. The van der Waals surface area contributed by atoms with E-state index in [-0.39, 0.29) is 40.4 Å². The summed E-state index contributed by atoms with van der Waals surface area (Å²) in [4.78, 5) is 24.7. The summed E-state index contributed by atoms with van der Waals surface area (Å²) in [5, 5.41) is 21.5. The van der Waals surface area contributed by atoms with Crippen LogP contribution in [-0.4, -0.2) is 51.0 Å². The first-order chi connectivity index (χ1) is 22.1. The highest BCUT2D eigenvalue weighted by molar-refractivity contribution is 5.96. The fourth-order valence-electron chi connectivity index (χ4n) is 9.60. The maximum Gasteiger partial charge on any atom is 0.302 e. The lowest BCUT2D eigenvalue weighted by atomic mass is 9.61. The van der Waals surface area contributed by atoms with Crippen LogP contribution in [0.3, 0.4) is 0 Å². The fraction of sp³-hybridized carbons (Fsp3) is 0.857. The first-order valence-electron chi connectivity index (χ1n) is 19.3. The first-order valence-corrected chi connectivity index (χ1v) is 19.3. The van der Waals surface area contributed by atoms with Crippen LogP contribution in [0.2, 0.25) is 0 Å². The molecular weight excluding hydrogens is 600 g/mol. The van der Waals surface area contributed by atoms with Gasteiger partial charge in [-0.3, -0.25) is 9.59 Å². The number of esters is 1. The Kier molecular flexibility index (Phi) is 13.8. The number of carbonyl (C=O) groups is 2. The quantitative estimate of drug-likeness (QED) is 0.0495. The predicted octanol–water partition coefficient (Wildman–Crippen LogP) is 9.84. The highest BCUT2D eigenvalue weighted by Gasteiger charge is 2.76. The van der Waals surface area contributed by atoms with Crippen molar-refractivity contribution in [3.05, 3.63) is 23.3 Å². The van der Waals surface area contributed by atoms with Crippen LogP contribution >= 0.6 is 0 Å². The molecule has 0 radical (unpaired) electrons.